The molecule has 5 rings (SSSR count). The maximum Gasteiger partial charge on any atom is 0.337 e. The van der Waals surface area contributed by atoms with E-state index in [9.17, 15) is 9.59 Å². The SMILES string of the molecule is Cc1sc2c(c1C)c(=O)n(-c1cccc(Cl)c1)c(=O)n2Cc1nc2ccccc2[nH]1. The van der Waals surface area contributed by atoms with Gasteiger partial charge in [-0.05, 0) is 49.7 Å². The first-order valence-electron chi connectivity index (χ1n) is 9.39. The number of thiophene rings is 1. The second-order valence-electron chi connectivity index (χ2n) is 7.15. The molecule has 0 bridgehead atoms. The van der Waals surface area contributed by atoms with E-state index in [4.69, 9.17) is 11.6 Å². The second kappa shape index (κ2) is 6.97. The molecule has 0 unspecified atom stereocenters. The molecule has 2 aromatic carbocycles. The zero-order chi connectivity index (χ0) is 21.0. The molecule has 6 nitrogen and oxygen atoms in total. The molecule has 30 heavy (non-hydrogen) atoms. The van der Waals surface area contributed by atoms with Crippen molar-refractivity contribution in [1.82, 2.24) is 19.1 Å². The standard InChI is InChI=1S/C22H17ClN4O2S/c1-12-13(2)30-21-19(12)20(28)27(15-7-5-6-14(23)10-15)22(29)26(21)11-18-24-16-8-3-4-9-17(16)25-18/h3-10H,11H2,1-2H3,(H,24,25). The number of halogens is 1. The maximum atomic E-state index is 13.5. The molecule has 3 aromatic heterocycles. The minimum absolute atomic E-state index is 0.226. The molecule has 0 spiro atoms. The lowest BCUT2D eigenvalue weighted by Crippen LogP contribution is -2.39. The fraction of sp³-hybridized carbons (Fsp3) is 0.136. The van der Waals surface area contributed by atoms with Gasteiger partial charge in [-0.2, -0.15) is 0 Å². The molecule has 3 heterocycles. The maximum absolute atomic E-state index is 13.5. The molecule has 0 fully saturated rings. The number of benzene rings is 2. The Morgan fingerprint density at radius 1 is 1.10 bits per heavy atom. The summed E-state index contributed by atoms with van der Waals surface area (Å²) in [5, 5.41) is 1.01. The molecule has 0 aliphatic rings. The highest BCUT2D eigenvalue weighted by Gasteiger charge is 2.20. The zero-order valence-electron chi connectivity index (χ0n) is 16.3. The Balaban J connectivity index is 1.81. The molecule has 0 aliphatic heterocycles. The van der Waals surface area contributed by atoms with E-state index in [1.165, 1.54) is 15.9 Å². The van der Waals surface area contributed by atoms with Crippen LogP contribution in [0.2, 0.25) is 5.02 Å². The highest BCUT2D eigenvalue weighted by atomic mass is 35.5. The Morgan fingerprint density at radius 3 is 2.67 bits per heavy atom. The minimum Gasteiger partial charge on any atom is -0.340 e. The Morgan fingerprint density at radius 2 is 1.90 bits per heavy atom. The molecule has 1 N–H and O–H groups in total. The second-order valence-corrected chi connectivity index (χ2v) is 8.79. The number of aromatic nitrogens is 4. The van der Waals surface area contributed by atoms with Gasteiger partial charge >= 0.3 is 5.69 Å². The minimum atomic E-state index is -0.420. The molecule has 0 amide bonds. The van der Waals surface area contributed by atoms with Gasteiger partial charge in [0.05, 0.1) is 28.7 Å². The van der Waals surface area contributed by atoms with Gasteiger partial charge in [-0.15, -0.1) is 11.3 Å². The fourth-order valence-corrected chi connectivity index (χ4v) is 4.99. The van der Waals surface area contributed by atoms with Gasteiger partial charge in [-0.25, -0.2) is 14.3 Å². The number of hydrogen-bond acceptors (Lipinski definition) is 4. The number of para-hydroxylation sites is 2. The van der Waals surface area contributed by atoms with E-state index in [-0.39, 0.29) is 12.1 Å². The molecule has 0 atom stereocenters. The lowest BCUT2D eigenvalue weighted by Gasteiger charge is -2.11. The van der Waals surface area contributed by atoms with Crippen molar-refractivity contribution in [2.75, 3.05) is 0 Å². The monoisotopic (exact) mass is 436 g/mol. The normalized spacial score (nSPS) is 11.6. The van der Waals surface area contributed by atoms with Gasteiger partial charge in [0.1, 0.15) is 10.7 Å². The highest BCUT2D eigenvalue weighted by molar-refractivity contribution is 7.18. The van der Waals surface area contributed by atoms with Crippen LogP contribution in [-0.2, 0) is 6.54 Å². The van der Waals surface area contributed by atoms with E-state index in [2.05, 4.69) is 9.97 Å². The van der Waals surface area contributed by atoms with Gasteiger partial charge in [-0.3, -0.25) is 9.36 Å². The van der Waals surface area contributed by atoms with Crippen LogP contribution in [0.15, 0.2) is 58.1 Å². The van der Waals surface area contributed by atoms with Gasteiger partial charge in [0, 0.05) is 9.90 Å². The number of imidazole rings is 1. The Kier molecular flexibility index (Phi) is 4.38. The van der Waals surface area contributed by atoms with Gasteiger partial charge < -0.3 is 4.98 Å². The van der Waals surface area contributed by atoms with E-state index in [1.54, 1.807) is 28.8 Å². The third-order valence-corrected chi connectivity index (χ3v) is 6.73. The summed E-state index contributed by atoms with van der Waals surface area (Å²) in [7, 11) is 0. The number of aromatic amines is 1. The summed E-state index contributed by atoms with van der Waals surface area (Å²) in [5.41, 5.74) is 2.31. The molecule has 150 valence electrons. The third kappa shape index (κ3) is 2.89. The molecular weight excluding hydrogens is 420 g/mol. The fourth-order valence-electron chi connectivity index (χ4n) is 3.67. The van der Waals surface area contributed by atoms with Gasteiger partial charge in [0.15, 0.2) is 0 Å². The van der Waals surface area contributed by atoms with E-state index < -0.39 is 5.69 Å². The smallest absolute Gasteiger partial charge is 0.337 e. The zero-order valence-corrected chi connectivity index (χ0v) is 17.8. The van der Waals surface area contributed by atoms with Crippen molar-refractivity contribution in [3.63, 3.8) is 0 Å². The van der Waals surface area contributed by atoms with E-state index >= 15 is 0 Å². The number of hydrogen-bond donors (Lipinski definition) is 1. The van der Waals surface area contributed by atoms with Crippen LogP contribution in [-0.4, -0.2) is 19.1 Å². The van der Waals surface area contributed by atoms with Crippen molar-refractivity contribution in [2.24, 2.45) is 0 Å². The summed E-state index contributed by atoms with van der Waals surface area (Å²) in [4.78, 5) is 36.4. The lowest BCUT2D eigenvalue weighted by molar-refractivity contribution is 0.697. The summed E-state index contributed by atoms with van der Waals surface area (Å²) < 4.78 is 2.80. The van der Waals surface area contributed by atoms with Crippen molar-refractivity contribution < 1.29 is 0 Å². The van der Waals surface area contributed by atoms with Crippen molar-refractivity contribution in [2.45, 2.75) is 20.4 Å². The van der Waals surface area contributed by atoms with Gasteiger partial charge in [0.2, 0.25) is 0 Å². The quantitative estimate of drug-likeness (QED) is 0.455. The lowest BCUT2D eigenvalue weighted by atomic mass is 10.2. The number of H-pyrrole nitrogens is 1. The van der Waals surface area contributed by atoms with Crippen LogP contribution in [0.1, 0.15) is 16.3 Å². The van der Waals surface area contributed by atoms with Crippen molar-refractivity contribution in [1.29, 1.82) is 0 Å². The number of fused-ring (bicyclic) bond motifs is 2. The Labute approximate surface area is 180 Å². The third-order valence-electron chi connectivity index (χ3n) is 5.26. The van der Waals surface area contributed by atoms with Gasteiger partial charge in [0.25, 0.3) is 5.56 Å². The first-order valence-corrected chi connectivity index (χ1v) is 10.6. The molecular formula is C22H17ClN4O2S. The predicted octanol–water partition coefficient (Wildman–Crippen LogP) is 4.41. The molecule has 0 saturated carbocycles. The van der Waals surface area contributed by atoms with Crippen molar-refractivity contribution >= 4 is 44.2 Å². The Bertz CT molecular complexity index is 1520. The van der Waals surface area contributed by atoms with Crippen LogP contribution >= 0.6 is 22.9 Å². The van der Waals surface area contributed by atoms with Crippen molar-refractivity contribution in [3.8, 4) is 5.69 Å². The summed E-state index contributed by atoms with van der Waals surface area (Å²) >= 11 is 7.58. The van der Waals surface area contributed by atoms with Crippen LogP contribution in [0.4, 0.5) is 0 Å². The predicted molar refractivity (Wildman–Crippen MR) is 121 cm³/mol. The first-order chi connectivity index (χ1) is 14.4. The van der Waals surface area contributed by atoms with Crippen molar-refractivity contribution in [3.05, 3.63) is 90.7 Å². The van der Waals surface area contributed by atoms with Crippen LogP contribution in [0.3, 0.4) is 0 Å². The number of nitrogens with zero attached hydrogens (tertiary/aromatic N) is 3. The van der Waals surface area contributed by atoms with Crippen LogP contribution < -0.4 is 11.2 Å². The Hall–Kier alpha value is -3.16. The van der Waals surface area contributed by atoms with Crippen LogP contribution in [0.25, 0.3) is 26.9 Å². The van der Waals surface area contributed by atoms with Crippen LogP contribution in [0.5, 0.6) is 0 Å². The molecule has 8 heteroatoms. The average molecular weight is 437 g/mol. The first kappa shape index (κ1) is 18.8. The van der Waals surface area contributed by atoms with E-state index in [1.807, 2.05) is 38.1 Å². The summed E-state index contributed by atoms with van der Waals surface area (Å²) in [6.45, 7) is 4.09. The van der Waals surface area contributed by atoms with E-state index in [0.717, 1.165) is 21.5 Å². The largest absolute Gasteiger partial charge is 0.340 e. The summed E-state index contributed by atoms with van der Waals surface area (Å²) in [5.74, 6) is 0.652. The van der Waals surface area contributed by atoms with Crippen LogP contribution in [0, 0.1) is 13.8 Å². The topological polar surface area (TPSA) is 72.7 Å². The van der Waals surface area contributed by atoms with Gasteiger partial charge in [-0.1, -0.05) is 29.8 Å². The number of aryl methyl sites for hydroxylation is 2. The average Bonchev–Trinajstić information content (AvgIpc) is 3.26. The molecule has 0 aliphatic carbocycles. The summed E-state index contributed by atoms with van der Waals surface area (Å²) in [6.07, 6.45) is 0. The molecule has 0 saturated heterocycles. The summed E-state index contributed by atoms with van der Waals surface area (Å²) in [6, 6.07) is 14.5. The number of rotatable bonds is 3. The molecule has 0 radical (unpaired) electrons. The number of nitrogens with one attached hydrogen (secondary N) is 1. The molecule has 5 aromatic rings. The van der Waals surface area contributed by atoms with E-state index in [0.29, 0.717) is 26.8 Å². The highest BCUT2D eigenvalue weighted by Crippen LogP contribution is 2.27.